The van der Waals surface area contributed by atoms with E-state index in [9.17, 15) is 20.2 Å². The first-order valence-electron chi connectivity index (χ1n) is 7.11. The van der Waals surface area contributed by atoms with Crippen LogP contribution < -0.4 is 0 Å². The molecule has 0 radical (unpaired) electrons. The maximum atomic E-state index is 10.9. The van der Waals surface area contributed by atoms with E-state index in [0.717, 1.165) is 24.5 Å². The molecule has 0 aliphatic heterocycles. The molecule has 118 valence electrons. The maximum absolute atomic E-state index is 10.9. The number of nitrogens with zero attached hydrogens (tertiary/aromatic N) is 2. The van der Waals surface area contributed by atoms with E-state index >= 15 is 0 Å². The number of nitro benzene ring substituents is 2. The molecule has 0 heterocycles. The van der Waals surface area contributed by atoms with Gasteiger partial charge in [0.15, 0.2) is 0 Å². The van der Waals surface area contributed by atoms with Gasteiger partial charge >= 0.3 is 0 Å². The van der Waals surface area contributed by atoms with E-state index < -0.39 is 9.85 Å². The number of aryl methyl sites for hydroxylation is 1. The topological polar surface area (TPSA) is 86.3 Å². The van der Waals surface area contributed by atoms with E-state index in [1.54, 1.807) is 0 Å². The van der Waals surface area contributed by atoms with Gasteiger partial charge in [0.1, 0.15) is 0 Å². The second-order valence-corrected chi connectivity index (χ2v) is 5.19. The molecule has 0 aromatic heterocycles. The number of non-ortho nitro benzene ring substituents is 2. The van der Waals surface area contributed by atoms with Crippen LogP contribution in [0.4, 0.5) is 11.4 Å². The van der Waals surface area contributed by atoms with Crippen molar-refractivity contribution >= 4 is 11.4 Å². The van der Waals surface area contributed by atoms with Crippen molar-refractivity contribution in [2.75, 3.05) is 0 Å². The van der Waals surface area contributed by atoms with Gasteiger partial charge in [-0.2, -0.15) is 0 Å². The molecule has 0 saturated heterocycles. The van der Waals surface area contributed by atoms with Crippen LogP contribution in [0.25, 0.3) is 0 Å². The zero-order valence-corrected chi connectivity index (χ0v) is 12.5. The number of rotatable bonds is 7. The fraction of sp³-hybridized carbons (Fsp3) is 0.176. The van der Waals surface area contributed by atoms with Gasteiger partial charge in [0.25, 0.3) is 11.4 Å². The van der Waals surface area contributed by atoms with Crippen LogP contribution in [0, 0.1) is 20.2 Å². The smallest absolute Gasteiger partial charge is 0.258 e. The molecule has 0 atom stereocenters. The van der Waals surface area contributed by atoms with Gasteiger partial charge in [-0.25, -0.2) is 0 Å². The molecule has 0 saturated carbocycles. The number of nitro groups is 2. The quantitative estimate of drug-likeness (QED) is 0.435. The van der Waals surface area contributed by atoms with Crippen molar-refractivity contribution in [2.24, 2.45) is 0 Å². The van der Waals surface area contributed by atoms with Gasteiger partial charge in [-0.3, -0.25) is 20.2 Å². The zero-order valence-electron chi connectivity index (χ0n) is 12.5. The molecule has 0 bridgehead atoms. The van der Waals surface area contributed by atoms with E-state index in [-0.39, 0.29) is 11.4 Å². The predicted molar refractivity (Wildman–Crippen MR) is 87.5 cm³/mol. The fourth-order valence-corrected chi connectivity index (χ4v) is 2.30. The van der Waals surface area contributed by atoms with E-state index in [1.807, 2.05) is 30.3 Å². The molecule has 0 spiro atoms. The summed E-state index contributed by atoms with van der Waals surface area (Å²) in [6.45, 7) is 3.68. The molecular weight excluding hydrogens is 296 g/mol. The van der Waals surface area contributed by atoms with Crippen molar-refractivity contribution in [1.82, 2.24) is 0 Å². The first-order valence-corrected chi connectivity index (χ1v) is 7.11. The lowest BCUT2D eigenvalue weighted by Crippen LogP contribution is -1.97. The molecule has 0 fully saturated rings. The summed E-state index contributed by atoms with van der Waals surface area (Å²) in [5, 5.41) is 21.8. The third kappa shape index (κ3) is 4.47. The molecule has 2 aromatic carbocycles. The van der Waals surface area contributed by atoms with Crippen molar-refractivity contribution in [3.8, 4) is 0 Å². The molecule has 6 heteroatoms. The van der Waals surface area contributed by atoms with E-state index in [4.69, 9.17) is 0 Å². The molecular formula is C17H16N2O4. The monoisotopic (exact) mass is 312 g/mol. The molecule has 2 rings (SSSR count). The summed E-state index contributed by atoms with van der Waals surface area (Å²) in [6.07, 6.45) is 4.07. The Kier molecular flexibility index (Phi) is 5.19. The van der Waals surface area contributed by atoms with Gasteiger partial charge < -0.3 is 0 Å². The summed E-state index contributed by atoms with van der Waals surface area (Å²) in [7, 11) is 0. The minimum absolute atomic E-state index is 0.267. The average Bonchev–Trinajstić information content (AvgIpc) is 2.53. The predicted octanol–water partition coefficient (Wildman–Crippen LogP) is 4.21. The lowest BCUT2D eigenvalue weighted by Gasteiger charge is -2.04. The highest BCUT2D eigenvalue weighted by molar-refractivity contribution is 5.48. The van der Waals surface area contributed by atoms with E-state index in [1.165, 1.54) is 17.7 Å². The van der Waals surface area contributed by atoms with Crippen molar-refractivity contribution in [3.05, 3.63) is 92.0 Å². The van der Waals surface area contributed by atoms with Gasteiger partial charge in [-0.05, 0) is 36.0 Å². The lowest BCUT2D eigenvalue weighted by atomic mass is 10.0. The average molecular weight is 312 g/mol. The normalized spacial score (nSPS) is 10.3. The standard InChI is InChI=1S/C17H16N2O4/c1-2-3-4-13-5-7-14(8-6-13)9-15-10-16(18(20)21)12-17(11-15)19(22)23/h2,5-8,10-12H,1,3-4,9H2. The highest BCUT2D eigenvalue weighted by atomic mass is 16.6. The van der Waals surface area contributed by atoms with Gasteiger partial charge in [0.05, 0.1) is 15.9 Å². The number of hydrogen-bond donors (Lipinski definition) is 0. The number of allylic oxidation sites excluding steroid dienone is 1. The Bertz CT molecular complexity index is 707. The summed E-state index contributed by atoms with van der Waals surface area (Å²) in [6, 6.07) is 11.6. The molecule has 6 nitrogen and oxygen atoms in total. The Labute approximate surface area is 133 Å². The van der Waals surface area contributed by atoms with Crippen LogP contribution in [-0.4, -0.2) is 9.85 Å². The van der Waals surface area contributed by atoms with Gasteiger partial charge in [0, 0.05) is 12.1 Å². The maximum Gasteiger partial charge on any atom is 0.276 e. The van der Waals surface area contributed by atoms with Crippen LogP contribution in [0.3, 0.4) is 0 Å². The fourth-order valence-electron chi connectivity index (χ4n) is 2.30. The Morgan fingerprint density at radius 2 is 1.39 bits per heavy atom. The second kappa shape index (κ2) is 7.31. The van der Waals surface area contributed by atoms with Crippen molar-refractivity contribution < 1.29 is 9.85 Å². The molecule has 0 aliphatic rings. The number of hydrogen-bond acceptors (Lipinski definition) is 4. The SMILES string of the molecule is C=CCCc1ccc(Cc2cc([N+](=O)[O-])cc([N+](=O)[O-])c2)cc1. The van der Waals surface area contributed by atoms with Crippen LogP contribution >= 0.6 is 0 Å². The van der Waals surface area contributed by atoms with Crippen molar-refractivity contribution in [2.45, 2.75) is 19.3 Å². The summed E-state index contributed by atoms with van der Waals surface area (Å²) < 4.78 is 0. The van der Waals surface area contributed by atoms with Gasteiger partial charge in [-0.15, -0.1) is 6.58 Å². The van der Waals surface area contributed by atoms with Crippen LogP contribution in [-0.2, 0) is 12.8 Å². The third-order valence-corrected chi connectivity index (χ3v) is 3.45. The summed E-state index contributed by atoms with van der Waals surface area (Å²) in [4.78, 5) is 20.6. The van der Waals surface area contributed by atoms with Crippen LogP contribution in [0.2, 0.25) is 0 Å². The summed E-state index contributed by atoms with van der Waals surface area (Å²) >= 11 is 0. The Morgan fingerprint density at radius 3 is 1.87 bits per heavy atom. The van der Waals surface area contributed by atoms with Gasteiger partial charge in [-0.1, -0.05) is 30.3 Å². The lowest BCUT2D eigenvalue weighted by molar-refractivity contribution is -0.394. The first-order chi connectivity index (χ1) is 11.0. The Balaban J connectivity index is 2.23. The number of benzene rings is 2. The summed E-state index contributed by atoms with van der Waals surface area (Å²) in [5.41, 5.74) is 2.14. The van der Waals surface area contributed by atoms with Gasteiger partial charge in [0.2, 0.25) is 0 Å². The minimum Gasteiger partial charge on any atom is -0.258 e. The van der Waals surface area contributed by atoms with E-state index in [2.05, 4.69) is 6.58 Å². The first kappa shape index (κ1) is 16.4. The van der Waals surface area contributed by atoms with Crippen molar-refractivity contribution in [3.63, 3.8) is 0 Å². The molecule has 2 aromatic rings. The molecule has 0 unspecified atom stereocenters. The Morgan fingerprint density at radius 1 is 0.870 bits per heavy atom. The largest absolute Gasteiger partial charge is 0.276 e. The van der Waals surface area contributed by atoms with Crippen LogP contribution in [0.15, 0.2) is 55.1 Å². The third-order valence-electron chi connectivity index (χ3n) is 3.45. The Hall–Kier alpha value is -3.02. The zero-order chi connectivity index (χ0) is 16.8. The molecule has 0 N–H and O–H groups in total. The van der Waals surface area contributed by atoms with Crippen LogP contribution in [0.1, 0.15) is 23.1 Å². The molecule has 0 aliphatic carbocycles. The molecule has 0 amide bonds. The summed E-state index contributed by atoms with van der Waals surface area (Å²) in [5.74, 6) is 0. The van der Waals surface area contributed by atoms with E-state index in [0.29, 0.717) is 12.0 Å². The van der Waals surface area contributed by atoms with Crippen LogP contribution in [0.5, 0.6) is 0 Å². The minimum atomic E-state index is -0.616. The second-order valence-electron chi connectivity index (χ2n) is 5.19. The highest BCUT2D eigenvalue weighted by Crippen LogP contribution is 2.24. The highest BCUT2D eigenvalue weighted by Gasteiger charge is 2.16. The molecule has 23 heavy (non-hydrogen) atoms. The van der Waals surface area contributed by atoms with Crippen molar-refractivity contribution in [1.29, 1.82) is 0 Å².